The van der Waals surface area contributed by atoms with Gasteiger partial charge in [-0.15, -0.1) is 11.3 Å². The van der Waals surface area contributed by atoms with Gasteiger partial charge in [-0.2, -0.15) is 0 Å². The molecule has 0 unspecified atom stereocenters. The van der Waals surface area contributed by atoms with Crippen LogP contribution in [0.3, 0.4) is 0 Å². The summed E-state index contributed by atoms with van der Waals surface area (Å²) < 4.78 is 0. The number of amides is 1. The topological polar surface area (TPSA) is 87.7 Å². The van der Waals surface area contributed by atoms with Gasteiger partial charge in [0.1, 0.15) is 5.54 Å². The Kier molecular flexibility index (Phi) is 4.65. The first-order valence-corrected chi connectivity index (χ1v) is 7.82. The average Bonchev–Trinajstić information content (AvgIpc) is 2.73. The summed E-state index contributed by atoms with van der Waals surface area (Å²) in [6.07, 6.45) is 5.63. The zero-order chi connectivity index (χ0) is 14.6. The number of nitrogens with zero attached hydrogens (tertiary/aromatic N) is 1. The minimum Gasteiger partial charge on any atom is -0.409 e. The van der Waals surface area contributed by atoms with E-state index >= 15 is 0 Å². The van der Waals surface area contributed by atoms with Gasteiger partial charge in [-0.1, -0.05) is 30.8 Å². The van der Waals surface area contributed by atoms with Crippen LogP contribution >= 0.6 is 11.3 Å². The number of aryl methyl sites for hydroxylation is 1. The predicted molar refractivity (Wildman–Crippen MR) is 80.4 cm³/mol. The molecule has 2 rings (SSSR count). The van der Waals surface area contributed by atoms with Gasteiger partial charge < -0.3 is 16.3 Å². The molecule has 0 spiro atoms. The van der Waals surface area contributed by atoms with Crippen LogP contribution in [-0.4, -0.2) is 22.5 Å². The summed E-state index contributed by atoms with van der Waals surface area (Å²) >= 11 is 1.41. The fraction of sp³-hybridized carbons (Fsp3) is 0.571. The average molecular weight is 295 g/mol. The molecule has 1 aromatic rings. The lowest BCUT2D eigenvalue weighted by atomic mass is 9.88. The highest BCUT2D eigenvalue weighted by Gasteiger charge is 2.37. The maximum atomic E-state index is 12.4. The van der Waals surface area contributed by atoms with Gasteiger partial charge in [0.2, 0.25) is 0 Å². The van der Waals surface area contributed by atoms with Gasteiger partial charge in [0.25, 0.3) is 5.91 Å². The van der Waals surface area contributed by atoms with Crippen molar-refractivity contribution < 1.29 is 10.0 Å². The molecule has 5 nitrogen and oxygen atoms in total. The van der Waals surface area contributed by atoms with Crippen molar-refractivity contribution in [3.8, 4) is 0 Å². The van der Waals surface area contributed by atoms with Gasteiger partial charge >= 0.3 is 0 Å². The third-order valence-corrected chi connectivity index (χ3v) is 4.99. The number of oxime groups is 1. The second kappa shape index (κ2) is 6.26. The molecular formula is C14H21N3O2S. The van der Waals surface area contributed by atoms with Crippen LogP contribution in [0.15, 0.2) is 16.6 Å². The molecule has 0 saturated heterocycles. The zero-order valence-electron chi connectivity index (χ0n) is 11.7. The van der Waals surface area contributed by atoms with E-state index < -0.39 is 5.54 Å². The fourth-order valence-corrected chi connectivity index (χ4v) is 3.57. The summed E-state index contributed by atoms with van der Waals surface area (Å²) in [6.45, 7) is 1.91. The Morgan fingerprint density at radius 3 is 2.55 bits per heavy atom. The molecule has 4 N–H and O–H groups in total. The van der Waals surface area contributed by atoms with Crippen molar-refractivity contribution in [2.45, 2.75) is 51.0 Å². The molecule has 0 radical (unpaired) electrons. The molecule has 0 bridgehead atoms. The first kappa shape index (κ1) is 14.8. The van der Waals surface area contributed by atoms with E-state index in [1.807, 2.05) is 18.4 Å². The van der Waals surface area contributed by atoms with Crippen molar-refractivity contribution in [3.05, 3.63) is 21.9 Å². The Balaban J connectivity index is 2.24. The van der Waals surface area contributed by atoms with E-state index in [9.17, 15) is 4.79 Å². The molecular weight excluding hydrogens is 274 g/mol. The Morgan fingerprint density at radius 2 is 2.05 bits per heavy atom. The van der Waals surface area contributed by atoms with E-state index in [2.05, 4.69) is 10.5 Å². The third kappa shape index (κ3) is 2.95. The Labute approximate surface area is 122 Å². The second-order valence-electron chi connectivity index (χ2n) is 5.37. The molecule has 1 saturated carbocycles. The van der Waals surface area contributed by atoms with Gasteiger partial charge in [0.15, 0.2) is 5.84 Å². The van der Waals surface area contributed by atoms with E-state index in [4.69, 9.17) is 10.9 Å². The van der Waals surface area contributed by atoms with Crippen LogP contribution in [0.25, 0.3) is 0 Å². The van der Waals surface area contributed by atoms with Gasteiger partial charge in [-0.05, 0) is 36.8 Å². The normalized spacial score (nSPS) is 19.4. The van der Waals surface area contributed by atoms with Crippen molar-refractivity contribution >= 4 is 23.1 Å². The van der Waals surface area contributed by atoms with Gasteiger partial charge in [-0.3, -0.25) is 4.79 Å². The Morgan fingerprint density at radius 1 is 1.40 bits per heavy atom. The molecule has 110 valence electrons. The van der Waals surface area contributed by atoms with Crippen molar-refractivity contribution in [2.75, 3.05) is 0 Å². The van der Waals surface area contributed by atoms with Gasteiger partial charge in [0, 0.05) is 0 Å². The second-order valence-corrected chi connectivity index (χ2v) is 6.28. The molecule has 1 aliphatic carbocycles. The maximum absolute atomic E-state index is 12.4. The Bertz CT molecular complexity index is 502. The molecule has 0 aromatic carbocycles. The number of nitrogens with one attached hydrogen (secondary N) is 1. The predicted octanol–water partition coefficient (Wildman–Crippen LogP) is 2.63. The number of rotatable bonds is 3. The van der Waals surface area contributed by atoms with Crippen LogP contribution in [0.2, 0.25) is 0 Å². The fourth-order valence-electron chi connectivity index (χ4n) is 2.75. The highest BCUT2D eigenvalue weighted by molar-refractivity contribution is 7.12. The van der Waals surface area contributed by atoms with Crippen LogP contribution in [0.5, 0.6) is 0 Å². The number of carbonyl (C=O) groups excluding carboxylic acids is 1. The third-order valence-electron chi connectivity index (χ3n) is 3.98. The molecule has 1 fully saturated rings. The number of nitrogens with two attached hydrogens (primary N) is 1. The van der Waals surface area contributed by atoms with Crippen molar-refractivity contribution in [1.82, 2.24) is 5.32 Å². The van der Waals surface area contributed by atoms with Crippen molar-refractivity contribution in [1.29, 1.82) is 0 Å². The van der Waals surface area contributed by atoms with Crippen LogP contribution < -0.4 is 11.1 Å². The summed E-state index contributed by atoms with van der Waals surface area (Å²) in [5, 5.41) is 17.1. The van der Waals surface area contributed by atoms with Gasteiger partial charge in [-0.25, -0.2) is 0 Å². The largest absolute Gasteiger partial charge is 0.409 e. The minimum absolute atomic E-state index is 0.113. The summed E-state index contributed by atoms with van der Waals surface area (Å²) in [4.78, 5) is 13.1. The zero-order valence-corrected chi connectivity index (χ0v) is 12.5. The number of carbonyl (C=O) groups is 1. The maximum Gasteiger partial charge on any atom is 0.262 e. The number of hydrogen-bond acceptors (Lipinski definition) is 4. The summed E-state index contributed by atoms with van der Waals surface area (Å²) in [6, 6.07) is 1.92. The van der Waals surface area contributed by atoms with E-state index in [1.165, 1.54) is 11.3 Å². The lowest BCUT2D eigenvalue weighted by molar-refractivity contribution is 0.0919. The highest BCUT2D eigenvalue weighted by Crippen LogP contribution is 2.28. The summed E-state index contributed by atoms with van der Waals surface area (Å²) in [7, 11) is 0. The van der Waals surface area contributed by atoms with Crippen LogP contribution in [0, 0.1) is 6.92 Å². The standard InChI is InChI=1S/C14H21N3O2S/c1-10-6-9-20-11(10)12(18)16-14(13(15)17-19)7-4-2-3-5-8-14/h6,9,19H,2-5,7-8H2,1H3,(H2,15,17)(H,16,18). The molecule has 0 atom stereocenters. The number of thiophene rings is 1. The van der Waals surface area contributed by atoms with Crippen LogP contribution in [0.1, 0.15) is 53.8 Å². The lowest BCUT2D eigenvalue weighted by Gasteiger charge is -2.32. The van der Waals surface area contributed by atoms with E-state index in [-0.39, 0.29) is 11.7 Å². The quantitative estimate of drug-likeness (QED) is 0.263. The minimum atomic E-state index is -0.710. The molecule has 20 heavy (non-hydrogen) atoms. The monoisotopic (exact) mass is 295 g/mol. The van der Waals surface area contributed by atoms with Crippen LogP contribution in [0.4, 0.5) is 0 Å². The Hall–Kier alpha value is -1.56. The first-order chi connectivity index (χ1) is 9.59. The van der Waals surface area contributed by atoms with Crippen molar-refractivity contribution in [3.63, 3.8) is 0 Å². The van der Waals surface area contributed by atoms with E-state index in [0.29, 0.717) is 4.88 Å². The summed E-state index contributed by atoms with van der Waals surface area (Å²) in [5.41, 5.74) is 6.13. The molecule has 1 heterocycles. The molecule has 1 aliphatic rings. The smallest absolute Gasteiger partial charge is 0.262 e. The SMILES string of the molecule is Cc1ccsc1C(=O)NC1(/C(N)=N/O)CCCCCC1. The molecule has 1 aromatic heterocycles. The molecule has 6 heteroatoms. The highest BCUT2D eigenvalue weighted by atomic mass is 32.1. The van der Waals surface area contributed by atoms with Crippen molar-refractivity contribution in [2.24, 2.45) is 10.9 Å². The molecule has 0 aliphatic heterocycles. The summed E-state index contributed by atoms with van der Waals surface area (Å²) in [5.74, 6) is -0.0204. The number of amidine groups is 1. The molecule has 1 amide bonds. The van der Waals surface area contributed by atoms with Crippen LogP contribution in [-0.2, 0) is 0 Å². The number of hydrogen-bond donors (Lipinski definition) is 3. The lowest BCUT2D eigenvalue weighted by Crippen LogP contribution is -2.57. The van der Waals surface area contributed by atoms with Gasteiger partial charge in [0.05, 0.1) is 4.88 Å². The first-order valence-electron chi connectivity index (χ1n) is 6.94. The van der Waals surface area contributed by atoms with E-state index in [0.717, 1.165) is 44.1 Å². The van der Waals surface area contributed by atoms with E-state index in [1.54, 1.807) is 0 Å².